The standard InChI is InChI=1S/C23H21Cl4NO2/c1-29-22-11-16(13-28-10-9-15-5-7-17(24)8-6-15)21(27)12-23(22)30-14-18-19(25)3-2-4-20(18)26/h2-8,11-12,28H,9-10,13-14H2,1H3. The molecule has 158 valence electrons. The number of rotatable bonds is 9. The minimum atomic E-state index is 0.212. The summed E-state index contributed by atoms with van der Waals surface area (Å²) in [5.41, 5.74) is 2.86. The van der Waals surface area contributed by atoms with Crippen LogP contribution in [0.1, 0.15) is 16.7 Å². The Morgan fingerprint density at radius 2 is 1.53 bits per heavy atom. The molecule has 1 N–H and O–H groups in total. The summed E-state index contributed by atoms with van der Waals surface area (Å²) in [6.07, 6.45) is 0.895. The molecule has 0 spiro atoms. The molecule has 0 radical (unpaired) electrons. The van der Waals surface area contributed by atoms with Crippen molar-refractivity contribution in [3.05, 3.63) is 91.4 Å². The van der Waals surface area contributed by atoms with Crippen LogP contribution >= 0.6 is 46.4 Å². The van der Waals surface area contributed by atoms with Crippen molar-refractivity contribution in [1.29, 1.82) is 0 Å². The van der Waals surface area contributed by atoms with Crippen LogP contribution in [0.25, 0.3) is 0 Å². The molecule has 0 atom stereocenters. The molecule has 0 aromatic heterocycles. The Kier molecular flexibility index (Phi) is 8.55. The van der Waals surface area contributed by atoms with Gasteiger partial charge in [0.25, 0.3) is 0 Å². The highest BCUT2D eigenvalue weighted by Crippen LogP contribution is 2.35. The van der Waals surface area contributed by atoms with Gasteiger partial charge in [-0.15, -0.1) is 0 Å². The van der Waals surface area contributed by atoms with E-state index in [0.29, 0.717) is 38.7 Å². The average Bonchev–Trinajstić information content (AvgIpc) is 2.73. The monoisotopic (exact) mass is 483 g/mol. The fourth-order valence-electron chi connectivity index (χ4n) is 2.91. The van der Waals surface area contributed by atoms with Crippen LogP contribution in [0, 0.1) is 0 Å². The minimum Gasteiger partial charge on any atom is -0.493 e. The smallest absolute Gasteiger partial charge is 0.163 e. The molecule has 0 fully saturated rings. The molecule has 0 unspecified atom stereocenters. The highest BCUT2D eigenvalue weighted by molar-refractivity contribution is 6.36. The first-order chi connectivity index (χ1) is 14.5. The third-order valence-corrected chi connectivity index (χ3v) is 5.90. The third-order valence-electron chi connectivity index (χ3n) is 4.59. The Morgan fingerprint density at radius 1 is 0.833 bits per heavy atom. The lowest BCUT2D eigenvalue weighted by molar-refractivity contribution is 0.284. The van der Waals surface area contributed by atoms with Crippen molar-refractivity contribution < 1.29 is 9.47 Å². The number of methoxy groups -OCH3 is 1. The molecule has 0 amide bonds. The van der Waals surface area contributed by atoms with E-state index in [4.69, 9.17) is 55.9 Å². The van der Waals surface area contributed by atoms with E-state index in [9.17, 15) is 0 Å². The van der Waals surface area contributed by atoms with Crippen LogP contribution in [0.4, 0.5) is 0 Å². The van der Waals surface area contributed by atoms with Gasteiger partial charge in [-0.1, -0.05) is 64.6 Å². The fraction of sp³-hybridized carbons (Fsp3) is 0.217. The van der Waals surface area contributed by atoms with Crippen molar-refractivity contribution >= 4 is 46.4 Å². The van der Waals surface area contributed by atoms with Gasteiger partial charge >= 0.3 is 0 Å². The molecule has 0 aliphatic rings. The van der Waals surface area contributed by atoms with E-state index in [1.807, 2.05) is 30.3 Å². The van der Waals surface area contributed by atoms with E-state index >= 15 is 0 Å². The number of nitrogens with one attached hydrogen (secondary N) is 1. The molecule has 0 heterocycles. The van der Waals surface area contributed by atoms with E-state index in [1.165, 1.54) is 5.56 Å². The van der Waals surface area contributed by atoms with Crippen molar-refractivity contribution in [3.63, 3.8) is 0 Å². The first kappa shape index (κ1) is 23.1. The summed E-state index contributed by atoms with van der Waals surface area (Å²) < 4.78 is 11.4. The topological polar surface area (TPSA) is 30.5 Å². The second kappa shape index (κ2) is 11.1. The summed E-state index contributed by atoms with van der Waals surface area (Å²) in [7, 11) is 1.59. The number of ether oxygens (including phenoxy) is 2. The van der Waals surface area contributed by atoms with Crippen LogP contribution in [-0.2, 0) is 19.6 Å². The molecule has 3 aromatic rings. The maximum absolute atomic E-state index is 6.47. The fourth-order valence-corrected chi connectivity index (χ4v) is 3.77. The zero-order valence-corrected chi connectivity index (χ0v) is 19.4. The SMILES string of the molecule is COc1cc(CNCCc2ccc(Cl)cc2)c(Cl)cc1OCc1c(Cl)cccc1Cl. The van der Waals surface area contributed by atoms with Crippen LogP contribution < -0.4 is 14.8 Å². The summed E-state index contributed by atoms with van der Waals surface area (Å²) in [4.78, 5) is 0. The van der Waals surface area contributed by atoms with Crippen molar-refractivity contribution in [3.8, 4) is 11.5 Å². The van der Waals surface area contributed by atoms with Gasteiger partial charge in [0.05, 0.1) is 7.11 Å². The van der Waals surface area contributed by atoms with Crippen molar-refractivity contribution in [1.82, 2.24) is 5.32 Å². The van der Waals surface area contributed by atoms with E-state index in [-0.39, 0.29) is 6.61 Å². The minimum absolute atomic E-state index is 0.212. The van der Waals surface area contributed by atoms with Crippen LogP contribution in [0.3, 0.4) is 0 Å². The van der Waals surface area contributed by atoms with Crippen molar-refractivity contribution in [2.75, 3.05) is 13.7 Å². The predicted molar refractivity (Wildman–Crippen MR) is 126 cm³/mol. The van der Waals surface area contributed by atoms with Gasteiger partial charge in [0.15, 0.2) is 11.5 Å². The molecule has 0 aliphatic heterocycles. The second-order valence-electron chi connectivity index (χ2n) is 6.64. The molecule has 0 saturated carbocycles. The molecule has 3 nitrogen and oxygen atoms in total. The molecular formula is C23H21Cl4NO2. The average molecular weight is 485 g/mol. The third kappa shape index (κ3) is 6.19. The first-order valence-corrected chi connectivity index (χ1v) is 10.9. The predicted octanol–water partition coefficient (Wildman–Crippen LogP) is 7.22. The number of halogens is 4. The lowest BCUT2D eigenvalue weighted by Crippen LogP contribution is -2.17. The summed E-state index contributed by atoms with van der Waals surface area (Å²) in [6, 6.07) is 16.8. The van der Waals surface area contributed by atoms with Gasteiger partial charge in [0.1, 0.15) is 6.61 Å². The van der Waals surface area contributed by atoms with E-state index < -0.39 is 0 Å². The van der Waals surface area contributed by atoms with Crippen LogP contribution in [0.2, 0.25) is 20.1 Å². The molecule has 3 aromatic carbocycles. The number of hydrogen-bond acceptors (Lipinski definition) is 3. The Hall–Kier alpha value is -1.62. The lowest BCUT2D eigenvalue weighted by atomic mass is 10.1. The van der Waals surface area contributed by atoms with Crippen molar-refractivity contribution in [2.24, 2.45) is 0 Å². The summed E-state index contributed by atoms with van der Waals surface area (Å²) in [5.74, 6) is 1.13. The molecule has 3 rings (SSSR count). The Labute approximate surface area is 196 Å². The Balaban J connectivity index is 1.61. The van der Waals surface area contributed by atoms with Crippen LogP contribution in [0.5, 0.6) is 11.5 Å². The summed E-state index contributed by atoms with van der Waals surface area (Å²) in [5, 5.41) is 5.83. The first-order valence-electron chi connectivity index (χ1n) is 9.35. The summed E-state index contributed by atoms with van der Waals surface area (Å²) in [6.45, 7) is 1.63. The zero-order valence-electron chi connectivity index (χ0n) is 16.4. The zero-order chi connectivity index (χ0) is 21.5. The molecule has 7 heteroatoms. The molecule has 30 heavy (non-hydrogen) atoms. The highest BCUT2D eigenvalue weighted by atomic mass is 35.5. The summed E-state index contributed by atoms with van der Waals surface area (Å²) >= 11 is 24.8. The molecule has 0 aliphatic carbocycles. The van der Waals surface area contributed by atoms with Crippen molar-refractivity contribution in [2.45, 2.75) is 19.6 Å². The molecular weight excluding hydrogens is 464 g/mol. The highest BCUT2D eigenvalue weighted by Gasteiger charge is 2.13. The Morgan fingerprint density at radius 3 is 2.20 bits per heavy atom. The maximum Gasteiger partial charge on any atom is 0.163 e. The van der Waals surface area contributed by atoms with Gasteiger partial charge < -0.3 is 14.8 Å². The van der Waals surface area contributed by atoms with Gasteiger partial charge in [0.2, 0.25) is 0 Å². The quantitative estimate of drug-likeness (QED) is 0.325. The normalized spacial score (nSPS) is 10.8. The number of benzene rings is 3. The number of hydrogen-bond donors (Lipinski definition) is 1. The van der Waals surface area contributed by atoms with Gasteiger partial charge in [-0.05, 0) is 54.4 Å². The molecule has 0 bridgehead atoms. The second-order valence-corrected chi connectivity index (χ2v) is 8.29. The Bertz CT molecular complexity index is 973. The van der Waals surface area contributed by atoms with Gasteiger partial charge in [0, 0.05) is 38.3 Å². The van der Waals surface area contributed by atoms with E-state index in [0.717, 1.165) is 23.6 Å². The van der Waals surface area contributed by atoms with Gasteiger partial charge in [-0.25, -0.2) is 0 Å². The van der Waals surface area contributed by atoms with Gasteiger partial charge in [-0.3, -0.25) is 0 Å². The lowest BCUT2D eigenvalue weighted by Gasteiger charge is -2.15. The van der Waals surface area contributed by atoms with E-state index in [1.54, 1.807) is 31.4 Å². The molecule has 0 saturated heterocycles. The maximum atomic E-state index is 6.47. The largest absolute Gasteiger partial charge is 0.493 e. The van der Waals surface area contributed by atoms with Gasteiger partial charge in [-0.2, -0.15) is 0 Å². The van der Waals surface area contributed by atoms with Crippen LogP contribution in [0.15, 0.2) is 54.6 Å². The van der Waals surface area contributed by atoms with E-state index in [2.05, 4.69) is 5.32 Å². The van der Waals surface area contributed by atoms with Crippen LogP contribution in [-0.4, -0.2) is 13.7 Å².